The molecule has 0 saturated heterocycles. The van der Waals surface area contributed by atoms with Gasteiger partial charge < -0.3 is 15.4 Å². The predicted molar refractivity (Wildman–Crippen MR) is 49.2 cm³/mol. The van der Waals surface area contributed by atoms with Gasteiger partial charge in [-0.05, 0) is 11.0 Å². The van der Waals surface area contributed by atoms with E-state index in [9.17, 15) is 4.79 Å². The summed E-state index contributed by atoms with van der Waals surface area (Å²) in [5.41, 5.74) is 1.25. The molecule has 0 bridgehead atoms. The second kappa shape index (κ2) is 4.64. The fraction of sp³-hybridized carbons (Fsp3) is 0.125. The molecule has 0 atom stereocenters. The Labute approximate surface area is 76.4 Å². The summed E-state index contributed by atoms with van der Waals surface area (Å²) in [5, 5.41) is 20.2. The topological polar surface area (TPSA) is 69.6 Å². The Kier molecular flexibility index (Phi) is 3.48. The molecule has 0 saturated carbocycles. The zero-order chi connectivity index (χ0) is 9.68. The van der Waals surface area contributed by atoms with E-state index in [4.69, 9.17) is 10.0 Å². The highest BCUT2D eigenvalue weighted by Gasteiger charge is 2.09. The van der Waals surface area contributed by atoms with Crippen molar-refractivity contribution in [2.45, 2.75) is 6.54 Å². The van der Waals surface area contributed by atoms with E-state index in [0.29, 0.717) is 18.4 Å². The molecule has 0 fully saturated rings. The van der Waals surface area contributed by atoms with Gasteiger partial charge in [0.25, 0.3) is 0 Å². The van der Waals surface area contributed by atoms with Crippen LogP contribution in [0, 0.1) is 0 Å². The van der Waals surface area contributed by atoms with Gasteiger partial charge in [0.15, 0.2) is 0 Å². The molecule has 0 unspecified atom stereocenters. The van der Waals surface area contributed by atoms with E-state index in [1.54, 1.807) is 24.3 Å². The van der Waals surface area contributed by atoms with E-state index in [0.717, 1.165) is 5.56 Å². The van der Waals surface area contributed by atoms with E-state index in [2.05, 4.69) is 5.32 Å². The lowest BCUT2D eigenvalue weighted by molar-refractivity contribution is -0.109. The molecule has 0 aliphatic carbocycles. The monoisotopic (exact) mass is 179 g/mol. The molecule has 0 radical (unpaired) electrons. The summed E-state index contributed by atoms with van der Waals surface area (Å²) >= 11 is 0. The molecular formula is C8H10BNO3. The van der Waals surface area contributed by atoms with Gasteiger partial charge in [0.1, 0.15) is 0 Å². The number of carbonyl (C=O) groups is 1. The van der Waals surface area contributed by atoms with Crippen LogP contribution < -0.4 is 10.8 Å². The number of nitrogens with one attached hydrogen (secondary N) is 1. The molecule has 3 N–H and O–H groups in total. The fourth-order valence-corrected chi connectivity index (χ4v) is 1.02. The van der Waals surface area contributed by atoms with Crippen molar-refractivity contribution in [3.05, 3.63) is 29.8 Å². The number of hydrogen-bond donors (Lipinski definition) is 3. The van der Waals surface area contributed by atoms with E-state index in [1.807, 2.05) is 0 Å². The summed E-state index contributed by atoms with van der Waals surface area (Å²) in [6, 6.07) is 6.73. The lowest BCUT2D eigenvalue weighted by Gasteiger charge is -2.03. The summed E-state index contributed by atoms with van der Waals surface area (Å²) in [5.74, 6) is 0. The first-order chi connectivity index (χ1) is 6.24. The van der Waals surface area contributed by atoms with Crippen LogP contribution in [0.2, 0.25) is 0 Å². The Bertz CT molecular complexity index is 290. The molecule has 4 nitrogen and oxygen atoms in total. The van der Waals surface area contributed by atoms with Crippen molar-refractivity contribution in [3.8, 4) is 0 Å². The highest BCUT2D eigenvalue weighted by molar-refractivity contribution is 6.58. The van der Waals surface area contributed by atoms with E-state index in [-0.39, 0.29) is 0 Å². The third kappa shape index (κ3) is 2.89. The molecule has 0 aliphatic heterocycles. The van der Waals surface area contributed by atoms with E-state index >= 15 is 0 Å². The molecule has 0 aromatic heterocycles. The number of rotatable bonds is 4. The fourth-order valence-electron chi connectivity index (χ4n) is 1.02. The van der Waals surface area contributed by atoms with E-state index < -0.39 is 7.12 Å². The largest absolute Gasteiger partial charge is 0.488 e. The Morgan fingerprint density at radius 1 is 1.46 bits per heavy atom. The van der Waals surface area contributed by atoms with Gasteiger partial charge in [0.2, 0.25) is 6.41 Å². The standard InChI is InChI=1S/C8H10BNO3/c11-6-10-5-7-2-1-3-8(4-7)9(12)13/h1-4,6,12-13H,5H2,(H,10,11). The minimum Gasteiger partial charge on any atom is -0.423 e. The second-order valence-electron chi connectivity index (χ2n) is 2.62. The lowest BCUT2D eigenvalue weighted by Crippen LogP contribution is -2.30. The normalized spacial score (nSPS) is 9.38. The van der Waals surface area contributed by atoms with Crippen molar-refractivity contribution >= 4 is 19.0 Å². The zero-order valence-electron chi connectivity index (χ0n) is 6.97. The minimum absolute atomic E-state index is 0.393. The number of benzene rings is 1. The molecule has 1 rings (SSSR count). The van der Waals surface area contributed by atoms with Crippen LogP contribution in [-0.2, 0) is 11.3 Å². The molecule has 0 spiro atoms. The van der Waals surface area contributed by atoms with Crippen LogP contribution in [-0.4, -0.2) is 23.6 Å². The molecule has 68 valence electrons. The molecule has 1 aromatic carbocycles. The van der Waals surface area contributed by atoms with Gasteiger partial charge >= 0.3 is 7.12 Å². The highest BCUT2D eigenvalue weighted by atomic mass is 16.4. The predicted octanol–water partition coefficient (Wildman–Crippen LogP) is -1.39. The average molecular weight is 179 g/mol. The Morgan fingerprint density at radius 3 is 2.85 bits per heavy atom. The van der Waals surface area contributed by atoms with Crippen molar-refractivity contribution in [2.24, 2.45) is 0 Å². The second-order valence-corrected chi connectivity index (χ2v) is 2.62. The van der Waals surface area contributed by atoms with Crippen LogP contribution in [0.15, 0.2) is 24.3 Å². The Morgan fingerprint density at radius 2 is 2.23 bits per heavy atom. The SMILES string of the molecule is O=CNCc1cccc(B(O)O)c1. The van der Waals surface area contributed by atoms with Gasteiger partial charge in [0, 0.05) is 6.54 Å². The van der Waals surface area contributed by atoms with Crippen LogP contribution >= 0.6 is 0 Å². The molecule has 1 aromatic rings. The minimum atomic E-state index is -1.46. The summed E-state index contributed by atoms with van der Waals surface area (Å²) in [6.45, 7) is 0.393. The number of carbonyl (C=O) groups excluding carboxylic acids is 1. The first-order valence-corrected chi connectivity index (χ1v) is 3.86. The Hall–Kier alpha value is -1.33. The van der Waals surface area contributed by atoms with Crippen molar-refractivity contribution in [1.29, 1.82) is 0 Å². The molecule has 0 aliphatic rings. The smallest absolute Gasteiger partial charge is 0.423 e. The van der Waals surface area contributed by atoms with E-state index in [1.165, 1.54) is 0 Å². The van der Waals surface area contributed by atoms with Crippen molar-refractivity contribution in [2.75, 3.05) is 0 Å². The van der Waals surface area contributed by atoms with Gasteiger partial charge in [-0.1, -0.05) is 24.3 Å². The molecule has 0 heterocycles. The van der Waals surface area contributed by atoms with Gasteiger partial charge in [-0.3, -0.25) is 4.79 Å². The number of hydrogen-bond acceptors (Lipinski definition) is 3. The van der Waals surface area contributed by atoms with Crippen LogP contribution in [0.25, 0.3) is 0 Å². The average Bonchev–Trinajstić information content (AvgIpc) is 2.15. The van der Waals surface area contributed by atoms with Crippen molar-refractivity contribution in [1.82, 2.24) is 5.32 Å². The maximum atomic E-state index is 9.99. The third-order valence-electron chi connectivity index (χ3n) is 1.64. The third-order valence-corrected chi connectivity index (χ3v) is 1.64. The van der Waals surface area contributed by atoms with Gasteiger partial charge in [-0.2, -0.15) is 0 Å². The summed E-state index contributed by atoms with van der Waals surface area (Å²) in [6.07, 6.45) is 0.599. The van der Waals surface area contributed by atoms with Crippen LogP contribution in [0.4, 0.5) is 0 Å². The van der Waals surface area contributed by atoms with Crippen molar-refractivity contribution < 1.29 is 14.8 Å². The maximum absolute atomic E-state index is 9.99. The first-order valence-electron chi connectivity index (χ1n) is 3.86. The highest BCUT2D eigenvalue weighted by Crippen LogP contribution is 1.95. The van der Waals surface area contributed by atoms with Crippen LogP contribution in [0.3, 0.4) is 0 Å². The molecular weight excluding hydrogens is 169 g/mol. The van der Waals surface area contributed by atoms with Gasteiger partial charge in [-0.25, -0.2) is 0 Å². The summed E-state index contributed by atoms with van der Waals surface area (Å²) in [4.78, 5) is 9.99. The zero-order valence-corrected chi connectivity index (χ0v) is 6.97. The Balaban J connectivity index is 2.73. The van der Waals surface area contributed by atoms with Crippen LogP contribution in [0.1, 0.15) is 5.56 Å². The lowest BCUT2D eigenvalue weighted by atomic mass is 9.80. The maximum Gasteiger partial charge on any atom is 0.488 e. The number of amides is 1. The summed E-state index contributed by atoms with van der Waals surface area (Å²) in [7, 11) is -1.46. The molecule has 13 heavy (non-hydrogen) atoms. The molecule has 1 amide bonds. The first kappa shape index (κ1) is 9.76. The molecule has 5 heteroatoms. The quantitative estimate of drug-likeness (QED) is 0.393. The van der Waals surface area contributed by atoms with Gasteiger partial charge in [-0.15, -0.1) is 0 Å². The summed E-state index contributed by atoms with van der Waals surface area (Å²) < 4.78 is 0. The van der Waals surface area contributed by atoms with Crippen LogP contribution in [0.5, 0.6) is 0 Å². The van der Waals surface area contributed by atoms with Gasteiger partial charge in [0.05, 0.1) is 0 Å². The van der Waals surface area contributed by atoms with Crippen molar-refractivity contribution in [3.63, 3.8) is 0 Å².